The van der Waals surface area contributed by atoms with Crippen molar-refractivity contribution >= 4 is 21.8 Å². The van der Waals surface area contributed by atoms with Crippen LogP contribution in [0.15, 0.2) is 45.9 Å². The molecule has 3 aromatic rings. The van der Waals surface area contributed by atoms with Gasteiger partial charge in [0.25, 0.3) is 0 Å². The van der Waals surface area contributed by atoms with Crippen LogP contribution in [-0.4, -0.2) is 54.2 Å². The monoisotopic (exact) mass is 524 g/mol. The van der Waals surface area contributed by atoms with E-state index in [4.69, 9.17) is 10.3 Å². The molecule has 0 spiro atoms. The number of nitrogens with two attached hydrogens (primary N) is 1. The van der Waals surface area contributed by atoms with Gasteiger partial charge in [0.05, 0.1) is 22.2 Å². The van der Waals surface area contributed by atoms with Crippen molar-refractivity contribution in [2.45, 2.75) is 43.8 Å². The van der Waals surface area contributed by atoms with Gasteiger partial charge in [0, 0.05) is 24.4 Å². The largest absolute Gasteiger partial charge is 0.490 e. The first-order chi connectivity index (χ1) is 16.9. The minimum Gasteiger partial charge on any atom is -0.457 e. The zero-order valence-corrected chi connectivity index (χ0v) is 20.2. The fraction of sp³-hybridized carbons (Fsp3) is 0.348. The maximum absolute atomic E-state index is 13.4. The number of anilines is 1. The van der Waals surface area contributed by atoms with Crippen molar-refractivity contribution in [1.82, 2.24) is 14.4 Å². The molecule has 2 aromatic heterocycles. The summed E-state index contributed by atoms with van der Waals surface area (Å²) in [4.78, 5) is 15.3. The quantitative estimate of drug-likeness (QED) is 0.482. The molecule has 0 bridgehead atoms. The Morgan fingerprint density at radius 2 is 1.97 bits per heavy atom. The van der Waals surface area contributed by atoms with Crippen LogP contribution in [-0.2, 0) is 19.6 Å². The van der Waals surface area contributed by atoms with Crippen LogP contribution < -0.4 is 5.73 Å². The standard InChI is InChI=1S/C23H23F3N4O5S/c1-13-5-6-17(36(32,33)30-7-3-4-16(30)12-34-22(31)23(24,25)26)10-18(13)15-9-19(21(27)28-11-15)20-8-14(2)29-35-20/h5-6,8-11,16H,3-4,7,12H2,1-2H3,(H2,27,28)/t16-/m0/s1. The lowest BCUT2D eigenvalue weighted by Gasteiger charge is -2.24. The van der Waals surface area contributed by atoms with E-state index in [0.717, 1.165) is 9.87 Å². The average molecular weight is 525 g/mol. The topological polar surface area (TPSA) is 129 Å². The van der Waals surface area contributed by atoms with E-state index in [1.165, 1.54) is 18.3 Å². The van der Waals surface area contributed by atoms with Gasteiger partial charge < -0.3 is 15.0 Å². The Labute approximate surface area is 205 Å². The van der Waals surface area contributed by atoms with E-state index in [0.29, 0.717) is 34.6 Å². The molecule has 2 N–H and O–H groups in total. The number of pyridine rings is 1. The van der Waals surface area contributed by atoms with Crippen molar-refractivity contribution in [3.8, 4) is 22.5 Å². The Hall–Kier alpha value is -3.45. The van der Waals surface area contributed by atoms with Crippen molar-refractivity contribution in [3.05, 3.63) is 47.8 Å². The summed E-state index contributed by atoms with van der Waals surface area (Å²) >= 11 is 0. The summed E-state index contributed by atoms with van der Waals surface area (Å²) in [5.74, 6) is -1.73. The molecule has 1 aliphatic heterocycles. The summed E-state index contributed by atoms with van der Waals surface area (Å²) < 4.78 is 75.1. The number of hydrogen-bond donors (Lipinski definition) is 1. The van der Waals surface area contributed by atoms with Gasteiger partial charge in [-0.25, -0.2) is 18.2 Å². The number of aryl methyl sites for hydroxylation is 2. The van der Waals surface area contributed by atoms with Gasteiger partial charge in [-0.3, -0.25) is 0 Å². The molecule has 1 saturated heterocycles. The van der Waals surface area contributed by atoms with Crippen LogP contribution in [0.1, 0.15) is 24.1 Å². The molecule has 1 aromatic carbocycles. The highest BCUT2D eigenvalue weighted by atomic mass is 32.2. The molecule has 0 saturated carbocycles. The molecule has 1 atom stereocenters. The zero-order valence-electron chi connectivity index (χ0n) is 19.4. The van der Waals surface area contributed by atoms with Crippen molar-refractivity contribution in [3.63, 3.8) is 0 Å². The summed E-state index contributed by atoms with van der Waals surface area (Å²) in [6, 6.07) is 7.05. The van der Waals surface area contributed by atoms with Gasteiger partial charge in [-0.1, -0.05) is 11.2 Å². The van der Waals surface area contributed by atoms with Crippen molar-refractivity contribution in [2.24, 2.45) is 0 Å². The molecular weight excluding hydrogens is 501 g/mol. The van der Waals surface area contributed by atoms with Gasteiger partial charge in [0.15, 0.2) is 5.76 Å². The highest BCUT2D eigenvalue weighted by Gasteiger charge is 2.43. The number of nitrogens with zero attached hydrogens (tertiary/aromatic N) is 3. The van der Waals surface area contributed by atoms with E-state index in [2.05, 4.69) is 14.9 Å². The van der Waals surface area contributed by atoms with E-state index in [9.17, 15) is 26.4 Å². The van der Waals surface area contributed by atoms with E-state index in [1.54, 1.807) is 32.0 Å². The van der Waals surface area contributed by atoms with Gasteiger partial charge in [0.2, 0.25) is 10.0 Å². The molecule has 0 amide bonds. The molecule has 0 aliphatic carbocycles. The Kier molecular flexibility index (Phi) is 6.80. The molecule has 0 radical (unpaired) electrons. The first kappa shape index (κ1) is 25.6. The van der Waals surface area contributed by atoms with Crippen molar-refractivity contribution < 1.29 is 35.6 Å². The molecule has 13 heteroatoms. The molecule has 36 heavy (non-hydrogen) atoms. The minimum absolute atomic E-state index is 0.0500. The lowest BCUT2D eigenvalue weighted by molar-refractivity contribution is -0.200. The number of carbonyl (C=O) groups is 1. The maximum atomic E-state index is 13.4. The molecular formula is C23H23F3N4O5S. The number of benzene rings is 1. The van der Waals surface area contributed by atoms with Gasteiger partial charge >= 0.3 is 12.1 Å². The van der Waals surface area contributed by atoms with E-state index in [1.807, 2.05) is 0 Å². The number of halogens is 3. The summed E-state index contributed by atoms with van der Waals surface area (Å²) in [6.07, 6.45) is -2.94. The number of alkyl halides is 3. The van der Waals surface area contributed by atoms with E-state index >= 15 is 0 Å². The summed E-state index contributed by atoms with van der Waals surface area (Å²) in [5.41, 5.74) is 9.07. The third kappa shape index (κ3) is 5.07. The van der Waals surface area contributed by atoms with Crippen LogP contribution in [0.5, 0.6) is 0 Å². The van der Waals surface area contributed by atoms with Crippen molar-refractivity contribution in [2.75, 3.05) is 18.9 Å². The lowest BCUT2D eigenvalue weighted by atomic mass is 10.00. The first-order valence-electron chi connectivity index (χ1n) is 10.9. The van der Waals surface area contributed by atoms with Crippen LogP contribution in [0.3, 0.4) is 0 Å². The number of hydrogen-bond acceptors (Lipinski definition) is 8. The summed E-state index contributed by atoms with van der Waals surface area (Å²) in [7, 11) is -4.10. The zero-order chi connectivity index (χ0) is 26.3. The van der Waals surface area contributed by atoms with Crippen LogP contribution in [0.2, 0.25) is 0 Å². The highest BCUT2D eigenvalue weighted by Crippen LogP contribution is 2.34. The number of aromatic nitrogens is 2. The van der Waals surface area contributed by atoms with Gasteiger partial charge in [-0.15, -0.1) is 0 Å². The van der Waals surface area contributed by atoms with Gasteiger partial charge in [0.1, 0.15) is 12.4 Å². The molecule has 9 nitrogen and oxygen atoms in total. The molecule has 1 fully saturated rings. The second kappa shape index (κ2) is 9.54. The van der Waals surface area contributed by atoms with Crippen LogP contribution >= 0.6 is 0 Å². The number of sulfonamides is 1. The number of ether oxygens (including phenoxy) is 1. The molecule has 192 valence electrons. The average Bonchev–Trinajstić information content (AvgIpc) is 3.47. The smallest absolute Gasteiger partial charge is 0.457 e. The predicted molar refractivity (Wildman–Crippen MR) is 123 cm³/mol. The number of carbonyl (C=O) groups excluding carboxylic acids is 1. The van der Waals surface area contributed by atoms with Crippen LogP contribution in [0.25, 0.3) is 22.5 Å². The predicted octanol–water partition coefficient (Wildman–Crippen LogP) is 3.86. The second-order valence-corrected chi connectivity index (χ2v) is 10.4. The fourth-order valence-corrected chi connectivity index (χ4v) is 5.77. The lowest BCUT2D eigenvalue weighted by Crippen LogP contribution is -2.40. The third-order valence-electron chi connectivity index (χ3n) is 5.90. The number of rotatable bonds is 6. The maximum Gasteiger partial charge on any atom is 0.490 e. The molecule has 3 heterocycles. The number of esters is 1. The normalized spacial score (nSPS) is 16.9. The number of nitrogen functional groups attached to an aromatic ring is 1. The van der Waals surface area contributed by atoms with Crippen molar-refractivity contribution in [1.29, 1.82) is 0 Å². The first-order valence-corrected chi connectivity index (χ1v) is 12.4. The summed E-state index contributed by atoms with van der Waals surface area (Å²) in [5, 5.41) is 3.85. The Morgan fingerprint density at radius 3 is 2.64 bits per heavy atom. The molecule has 1 aliphatic rings. The molecule has 4 rings (SSSR count). The Morgan fingerprint density at radius 1 is 1.22 bits per heavy atom. The second-order valence-electron chi connectivity index (χ2n) is 8.47. The Bertz CT molecular complexity index is 1400. The SMILES string of the molecule is Cc1cc(-c2cc(-c3cc(S(=O)(=O)N4CCC[C@H]4COC(=O)C(F)(F)F)ccc3C)cnc2N)on1. The fourth-order valence-electron chi connectivity index (χ4n) is 4.06. The van der Waals surface area contributed by atoms with E-state index < -0.39 is 34.8 Å². The summed E-state index contributed by atoms with van der Waals surface area (Å²) in [6.45, 7) is 2.97. The third-order valence-corrected chi connectivity index (χ3v) is 7.85. The van der Waals surface area contributed by atoms with Crippen LogP contribution in [0.4, 0.5) is 19.0 Å². The van der Waals surface area contributed by atoms with Crippen LogP contribution in [0, 0.1) is 13.8 Å². The molecule has 0 unspecified atom stereocenters. The Balaban J connectivity index is 1.65. The van der Waals surface area contributed by atoms with Gasteiger partial charge in [-0.2, -0.15) is 17.5 Å². The van der Waals surface area contributed by atoms with Gasteiger partial charge in [-0.05, 0) is 56.0 Å². The minimum atomic E-state index is -5.15. The van der Waals surface area contributed by atoms with E-state index in [-0.39, 0.29) is 23.7 Å². The highest BCUT2D eigenvalue weighted by molar-refractivity contribution is 7.89.